The van der Waals surface area contributed by atoms with Crippen LogP contribution in [0.3, 0.4) is 0 Å². The fourth-order valence-electron chi connectivity index (χ4n) is 2.38. The van der Waals surface area contributed by atoms with E-state index in [4.69, 9.17) is 0 Å². The van der Waals surface area contributed by atoms with Crippen molar-refractivity contribution in [3.05, 3.63) is 54.1 Å². The van der Waals surface area contributed by atoms with Crippen LogP contribution >= 0.6 is 0 Å². The van der Waals surface area contributed by atoms with Crippen LogP contribution in [0.25, 0.3) is 0 Å². The normalized spacial score (nSPS) is 14.7. The summed E-state index contributed by atoms with van der Waals surface area (Å²) in [6, 6.07) is 13.1. The summed E-state index contributed by atoms with van der Waals surface area (Å²) < 4.78 is 37.7. The summed E-state index contributed by atoms with van der Waals surface area (Å²) in [5, 5.41) is 3.28. The van der Waals surface area contributed by atoms with Gasteiger partial charge in [0.15, 0.2) is 0 Å². The average Bonchev–Trinajstić information content (AvgIpc) is 2.46. The van der Waals surface area contributed by atoms with E-state index in [1.165, 1.54) is 12.1 Å². The molecular weight excluding hydrogens is 265 g/mol. The van der Waals surface area contributed by atoms with Crippen LogP contribution in [0.5, 0.6) is 0 Å². The molecule has 5 heteroatoms. The van der Waals surface area contributed by atoms with Gasteiger partial charge in [0.1, 0.15) is 0 Å². The summed E-state index contributed by atoms with van der Waals surface area (Å²) >= 11 is 0. The number of anilines is 3. The van der Waals surface area contributed by atoms with E-state index in [1.54, 1.807) is 0 Å². The number of halogens is 3. The van der Waals surface area contributed by atoms with Crippen LogP contribution in [0.4, 0.5) is 30.2 Å². The predicted molar refractivity (Wildman–Crippen MR) is 73.4 cm³/mol. The molecule has 1 N–H and O–H groups in total. The first-order valence-corrected chi connectivity index (χ1v) is 6.33. The van der Waals surface area contributed by atoms with Crippen LogP contribution in [-0.4, -0.2) is 13.1 Å². The minimum absolute atomic E-state index is 0.621. The standard InChI is InChI=1S/C15H13F3N2/c16-15(17,18)11-5-7-12(8-6-11)20-10-9-19-13-3-1-2-4-14(13)20/h1-8,19H,9-10H2. The first-order valence-electron chi connectivity index (χ1n) is 6.33. The van der Waals surface area contributed by atoms with Crippen LogP contribution in [0.2, 0.25) is 0 Å². The summed E-state index contributed by atoms with van der Waals surface area (Å²) in [5.41, 5.74) is 2.13. The maximum absolute atomic E-state index is 12.6. The van der Waals surface area contributed by atoms with E-state index in [9.17, 15) is 13.2 Å². The Kier molecular flexibility index (Phi) is 3.04. The average molecular weight is 278 g/mol. The molecule has 0 saturated heterocycles. The van der Waals surface area contributed by atoms with Gasteiger partial charge in [0.25, 0.3) is 0 Å². The number of nitrogens with one attached hydrogen (secondary N) is 1. The lowest BCUT2D eigenvalue weighted by atomic mass is 10.1. The van der Waals surface area contributed by atoms with E-state index in [2.05, 4.69) is 5.32 Å². The van der Waals surface area contributed by atoms with Crippen molar-refractivity contribution in [3.63, 3.8) is 0 Å². The van der Waals surface area contributed by atoms with Gasteiger partial charge in [-0.15, -0.1) is 0 Å². The Morgan fingerprint density at radius 1 is 0.950 bits per heavy atom. The molecule has 20 heavy (non-hydrogen) atoms. The van der Waals surface area contributed by atoms with Gasteiger partial charge in [0.2, 0.25) is 0 Å². The van der Waals surface area contributed by atoms with Gasteiger partial charge in [0.05, 0.1) is 16.9 Å². The number of rotatable bonds is 1. The van der Waals surface area contributed by atoms with Gasteiger partial charge in [-0.05, 0) is 36.4 Å². The molecule has 0 bridgehead atoms. The number of benzene rings is 2. The molecule has 0 atom stereocenters. The van der Waals surface area contributed by atoms with Gasteiger partial charge >= 0.3 is 6.18 Å². The van der Waals surface area contributed by atoms with Crippen LogP contribution in [0.15, 0.2) is 48.5 Å². The summed E-state index contributed by atoms with van der Waals surface area (Å²) in [6.07, 6.45) is -4.29. The lowest BCUT2D eigenvalue weighted by Crippen LogP contribution is -2.30. The fourth-order valence-corrected chi connectivity index (χ4v) is 2.38. The first kappa shape index (κ1) is 12.8. The van der Waals surface area contributed by atoms with Crippen molar-refractivity contribution in [3.8, 4) is 0 Å². The van der Waals surface area contributed by atoms with E-state index in [0.29, 0.717) is 0 Å². The SMILES string of the molecule is FC(F)(F)c1ccc(N2CCNc3ccccc32)cc1. The molecule has 1 heterocycles. The van der Waals surface area contributed by atoms with Crippen LogP contribution < -0.4 is 10.2 Å². The van der Waals surface area contributed by atoms with Gasteiger partial charge < -0.3 is 10.2 Å². The molecule has 104 valence electrons. The number of para-hydroxylation sites is 2. The van der Waals surface area contributed by atoms with Crippen molar-refractivity contribution >= 4 is 17.1 Å². The van der Waals surface area contributed by atoms with Crippen LogP contribution in [0.1, 0.15) is 5.56 Å². The summed E-state index contributed by atoms with van der Waals surface area (Å²) in [7, 11) is 0. The molecule has 0 unspecified atom stereocenters. The van der Waals surface area contributed by atoms with Gasteiger partial charge in [-0.25, -0.2) is 0 Å². The molecule has 2 nitrogen and oxygen atoms in total. The molecule has 0 aliphatic carbocycles. The van der Waals surface area contributed by atoms with Crippen molar-refractivity contribution < 1.29 is 13.2 Å². The third kappa shape index (κ3) is 2.31. The van der Waals surface area contributed by atoms with E-state index in [0.717, 1.165) is 42.3 Å². The molecule has 0 fully saturated rings. The largest absolute Gasteiger partial charge is 0.416 e. The Balaban J connectivity index is 1.95. The number of hydrogen-bond acceptors (Lipinski definition) is 2. The smallest absolute Gasteiger partial charge is 0.382 e. The van der Waals surface area contributed by atoms with E-state index >= 15 is 0 Å². The zero-order valence-electron chi connectivity index (χ0n) is 10.6. The van der Waals surface area contributed by atoms with Crippen molar-refractivity contribution in [2.75, 3.05) is 23.3 Å². The Bertz CT molecular complexity index is 605. The highest BCUT2D eigenvalue weighted by Gasteiger charge is 2.30. The van der Waals surface area contributed by atoms with Gasteiger partial charge in [-0.1, -0.05) is 12.1 Å². The minimum atomic E-state index is -4.29. The van der Waals surface area contributed by atoms with Crippen molar-refractivity contribution in [2.24, 2.45) is 0 Å². The maximum atomic E-state index is 12.6. The zero-order chi connectivity index (χ0) is 14.2. The molecule has 1 aliphatic heterocycles. The van der Waals surface area contributed by atoms with Crippen LogP contribution in [0, 0.1) is 0 Å². The highest BCUT2D eigenvalue weighted by Crippen LogP contribution is 2.36. The van der Waals surface area contributed by atoms with Crippen molar-refractivity contribution in [1.29, 1.82) is 0 Å². The molecule has 2 aromatic rings. The predicted octanol–water partition coefficient (Wildman–Crippen LogP) is 4.27. The lowest BCUT2D eigenvalue weighted by molar-refractivity contribution is -0.137. The maximum Gasteiger partial charge on any atom is 0.416 e. The van der Waals surface area contributed by atoms with Gasteiger partial charge in [0, 0.05) is 18.8 Å². The third-order valence-electron chi connectivity index (χ3n) is 3.35. The summed E-state index contributed by atoms with van der Waals surface area (Å²) in [5.74, 6) is 0. The molecule has 3 rings (SSSR count). The zero-order valence-corrected chi connectivity index (χ0v) is 10.6. The first-order chi connectivity index (χ1) is 9.55. The van der Waals surface area contributed by atoms with Crippen LogP contribution in [-0.2, 0) is 6.18 Å². The van der Waals surface area contributed by atoms with E-state index < -0.39 is 11.7 Å². The van der Waals surface area contributed by atoms with Crippen molar-refractivity contribution in [2.45, 2.75) is 6.18 Å². The number of nitrogens with zero attached hydrogens (tertiary/aromatic N) is 1. The molecular formula is C15H13F3N2. The number of hydrogen-bond donors (Lipinski definition) is 1. The Morgan fingerprint density at radius 3 is 2.35 bits per heavy atom. The highest BCUT2D eigenvalue weighted by molar-refractivity contribution is 5.78. The van der Waals surface area contributed by atoms with Gasteiger partial charge in [-0.2, -0.15) is 13.2 Å². The minimum Gasteiger partial charge on any atom is -0.382 e. The second kappa shape index (κ2) is 4.74. The number of fused-ring (bicyclic) bond motifs is 1. The van der Waals surface area contributed by atoms with E-state index in [1.807, 2.05) is 29.2 Å². The molecule has 0 spiro atoms. The monoisotopic (exact) mass is 278 g/mol. The Morgan fingerprint density at radius 2 is 1.65 bits per heavy atom. The molecule has 0 radical (unpaired) electrons. The molecule has 2 aromatic carbocycles. The molecule has 1 aliphatic rings. The topological polar surface area (TPSA) is 15.3 Å². The fraction of sp³-hybridized carbons (Fsp3) is 0.200. The number of alkyl halides is 3. The van der Waals surface area contributed by atoms with E-state index in [-0.39, 0.29) is 0 Å². The summed E-state index contributed by atoms with van der Waals surface area (Å²) in [4.78, 5) is 2.02. The molecule has 0 aromatic heterocycles. The Hall–Kier alpha value is -2.17. The molecule has 0 amide bonds. The second-order valence-electron chi connectivity index (χ2n) is 4.64. The molecule has 0 saturated carbocycles. The quantitative estimate of drug-likeness (QED) is 0.838. The summed E-state index contributed by atoms with van der Waals surface area (Å²) in [6.45, 7) is 1.49. The van der Waals surface area contributed by atoms with Crippen molar-refractivity contribution in [1.82, 2.24) is 0 Å². The lowest BCUT2D eigenvalue weighted by Gasteiger charge is -2.32. The third-order valence-corrected chi connectivity index (χ3v) is 3.35. The second-order valence-corrected chi connectivity index (χ2v) is 4.64. The Labute approximate surface area is 114 Å². The highest BCUT2D eigenvalue weighted by atomic mass is 19.4. The van der Waals surface area contributed by atoms with Gasteiger partial charge in [-0.3, -0.25) is 0 Å².